The number of nitrogens with one attached hydrogen (secondary N) is 2. The molecule has 0 heterocycles. The second kappa shape index (κ2) is 8.98. The number of amides is 3. The fourth-order valence-electron chi connectivity index (χ4n) is 2.19. The van der Waals surface area contributed by atoms with Gasteiger partial charge in [0.05, 0.1) is 5.25 Å². The van der Waals surface area contributed by atoms with Gasteiger partial charge in [-0.1, -0.05) is 37.3 Å². The minimum Gasteiger partial charge on any atom is -0.351 e. The second-order valence-corrected chi connectivity index (χ2v) is 6.51. The summed E-state index contributed by atoms with van der Waals surface area (Å²) in [6.45, 7) is 2.40. The highest BCUT2D eigenvalue weighted by atomic mass is 32.2. The van der Waals surface area contributed by atoms with Gasteiger partial charge >= 0.3 is 6.03 Å². The zero-order chi connectivity index (χ0) is 17.4. The Bertz CT molecular complexity index is 692. The first kappa shape index (κ1) is 17.9. The number of urea groups is 1. The predicted octanol–water partition coefficient (Wildman–Crippen LogP) is 3.36. The highest BCUT2D eigenvalue weighted by molar-refractivity contribution is 8.00. The lowest BCUT2D eigenvalue weighted by Gasteiger charge is -2.15. The Labute approximate surface area is 146 Å². The van der Waals surface area contributed by atoms with Crippen molar-refractivity contribution in [2.45, 2.75) is 30.0 Å². The van der Waals surface area contributed by atoms with Gasteiger partial charge in [0.25, 0.3) is 0 Å². The second-order valence-electron chi connectivity index (χ2n) is 5.24. The van der Waals surface area contributed by atoms with Crippen LogP contribution in [-0.2, 0) is 11.3 Å². The van der Waals surface area contributed by atoms with E-state index in [1.165, 1.54) is 0 Å². The maximum absolute atomic E-state index is 12.4. The van der Waals surface area contributed by atoms with Gasteiger partial charge in [-0.2, -0.15) is 0 Å². The van der Waals surface area contributed by atoms with Crippen LogP contribution >= 0.6 is 11.8 Å². The minimum absolute atomic E-state index is 0.000355. The lowest BCUT2D eigenvalue weighted by Crippen LogP contribution is -2.31. The van der Waals surface area contributed by atoms with Crippen molar-refractivity contribution in [2.75, 3.05) is 5.32 Å². The molecule has 2 aromatic rings. The zero-order valence-electron chi connectivity index (χ0n) is 13.5. The van der Waals surface area contributed by atoms with Crippen molar-refractivity contribution in [1.82, 2.24) is 5.32 Å². The Kier molecular flexibility index (Phi) is 6.69. The highest BCUT2D eigenvalue weighted by Crippen LogP contribution is 2.25. The van der Waals surface area contributed by atoms with Crippen molar-refractivity contribution in [1.29, 1.82) is 0 Å². The summed E-state index contributed by atoms with van der Waals surface area (Å²) in [6.07, 6.45) is 0.745. The van der Waals surface area contributed by atoms with Crippen molar-refractivity contribution in [3.05, 3.63) is 60.2 Å². The molecular formula is C18H21N3O2S. The van der Waals surface area contributed by atoms with Gasteiger partial charge in [0.1, 0.15) is 0 Å². The molecule has 0 bridgehead atoms. The number of hydrogen-bond donors (Lipinski definition) is 3. The molecule has 0 spiro atoms. The van der Waals surface area contributed by atoms with Gasteiger partial charge < -0.3 is 16.4 Å². The van der Waals surface area contributed by atoms with Crippen LogP contribution in [0.15, 0.2) is 59.5 Å². The van der Waals surface area contributed by atoms with Crippen LogP contribution in [0.25, 0.3) is 0 Å². The van der Waals surface area contributed by atoms with E-state index in [4.69, 9.17) is 5.73 Å². The summed E-state index contributed by atoms with van der Waals surface area (Å²) >= 11 is 1.56. The van der Waals surface area contributed by atoms with Crippen LogP contribution in [0.4, 0.5) is 10.5 Å². The maximum Gasteiger partial charge on any atom is 0.316 e. The first-order chi connectivity index (χ1) is 11.6. The fourth-order valence-corrected chi connectivity index (χ4v) is 3.19. The Morgan fingerprint density at radius 2 is 1.88 bits per heavy atom. The van der Waals surface area contributed by atoms with Gasteiger partial charge in [-0.15, -0.1) is 11.8 Å². The number of anilines is 1. The van der Waals surface area contributed by atoms with Crippen LogP contribution in [-0.4, -0.2) is 17.2 Å². The van der Waals surface area contributed by atoms with Crippen LogP contribution in [0.5, 0.6) is 0 Å². The predicted molar refractivity (Wildman–Crippen MR) is 97.9 cm³/mol. The molecule has 0 fully saturated rings. The van der Waals surface area contributed by atoms with Crippen molar-refractivity contribution >= 4 is 29.4 Å². The maximum atomic E-state index is 12.4. The van der Waals surface area contributed by atoms with Gasteiger partial charge in [0.2, 0.25) is 5.91 Å². The zero-order valence-corrected chi connectivity index (χ0v) is 14.3. The SMILES string of the molecule is CCC(Sc1ccccc1)C(=O)NCc1cccc(NC(N)=O)c1. The van der Waals surface area contributed by atoms with Gasteiger partial charge in [-0.25, -0.2) is 4.79 Å². The number of hydrogen-bond acceptors (Lipinski definition) is 3. The van der Waals surface area contributed by atoms with Crippen molar-refractivity contribution in [2.24, 2.45) is 5.73 Å². The Hall–Kier alpha value is -2.47. The van der Waals surface area contributed by atoms with E-state index < -0.39 is 6.03 Å². The molecule has 0 aliphatic carbocycles. The first-order valence-corrected chi connectivity index (χ1v) is 8.61. The number of carbonyl (C=O) groups is 2. The van der Waals surface area contributed by atoms with Gasteiger partial charge in [0.15, 0.2) is 0 Å². The summed E-state index contributed by atoms with van der Waals surface area (Å²) in [5.41, 5.74) is 6.61. The normalized spacial score (nSPS) is 11.5. The number of rotatable bonds is 7. The van der Waals surface area contributed by atoms with E-state index in [1.54, 1.807) is 23.9 Å². The summed E-state index contributed by atoms with van der Waals surface area (Å²) < 4.78 is 0. The fraction of sp³-hybridized carbons (Fsp3) is 0.222. The lowest BCUT2D eigenvalue weighted by molar-refractivity contribution is -0.120. The van der Waals surface area contributed by atoms with E-state index in [2.05, 4.69) is 10.6 Å². The van der Waals surface area contributed by atoms with Gasteiger partial charge in [0, 0.05) is 17.1 Å². The third kappa shape index (κ3) is 5.62. The Balaban J connectivity index is 1.92. The van der Waals surface area contributed by atoms with E-state index in [-0.39, 0.29) is 11.2 Å². The van der Waals surface area contributed by atoms with Crippen molar-refractivity contribution in [3.63, 3.8) is 0 Å². The molecule has 24 heavy (non-hydrogen) atoms. The molecule has 4 N–H and O–H groups in total. The lowest BCUT2D eigenvalue weighted by atomic mass is 10.2. The van der Waals surface area contributed by atoms with Crippen LogP contribution in [0, 0.1) is 0 Å². The third-order valence-electron chi connectivity index (χ3n) is 3.35. The molecule has 0 aromatic heterocycles. The smallest absolute Gasteiger partial charge is 0.316 e. The molecule has 2 aromatic carbocycles. The molecule has 0 saturated carbocycles. The highest BCUT2D eigenvalue weighted by Gasteiger charge is 2.17. The average molecular weight is 343 g/mol. The van der Waals surface area contributed by atoms with E-state index in [0.29, 0.717) is 12.2 Å². The van der Waals surface area contributed by atoms with E-state index >= 15 is 0 Å². The number of thioether (sulfide) groups is 1. The van der Waals surface area contributed by atoms with Crippen molar-refractivity contribution < 1.29 is 9.59 Å². The molecule has 2 rings (SSSR count). The minimum atomic E-state index is -0.610. The summed E-state index contributed by atoms with van der Waals surface area (Å²) in [4.78, 5) is 24.4. The molecule has 0 aliphatic heterocycles. The number of nitrogens with two attached hydrogens (primary N) is 1. The summed E-state index contributed by atoms with van der Waals surface area (Å²) in [5.74, 6) is -0.000355. The third-order valence-corrected chi connectivity index (χ3v) is 4.72. The summed E-state index contributed by atoms with van der Waals surface area (Å²) in [6, 6.07) is 16.5. The largest absolute Gasteiger partial charge is 0.351 e. The van der Waals surface area contributed by atoms with Gasteiger partial charge in [-0.05, 0) is 36.2 Å². The average Bonchev–Trinajstić information content (AvgIpc) is 2.58. The van der Waals surface area contributed by atoms with E-state index in [0.717, 1.165) is 16.9 Å². The first-order valence-electron chi connectivity index (χ1n) is 7.73. The number of benzene rings is 2. The standard InChI is InChI=1S/C18H21N3O2S/c1-2-16(24-15-9-4-3-5-10-15)17(22)20-12-13-7-6-8-14(11-13)21-18(19)23/h3-11,16H,2,12H2,1H3,(H,20,22)(H3,19,21,23). The van der Waals surface area contributed by atoms with Crippen molar-refractivity contribution in [3.8, 4) is 0 Å². The Morgan fingerprint density at radius 1 is 1.12 bits per heavy atom. The molecule has 1 atom stereocenters. The number of carbonyl (C=O) groups excluding carboxylic acids is 2. The molecule has 6 heteroatoms. The van der Waals surface area contributed by atoms with Crippen LogP contribution in [0.2, 0.25) is 0 Å². The van der Waals surface area contributed by atoms with E-state index in [1.807, 2.05) is 49.4 Å². The molecule has 0 saturated heterocycles. The summed E-state index contributed by atoms with van der Waals surface area (Å²) in [7, 11) is 0. The van der Waals surface area contributed by atoms with Crippen LogP contribution in [0.3, 0.4) is 0 Å². The Morgan fingerprint density at radius 3 is 2.54 bits per heavy atom. The quantitative estimate of drug-likeness (QED) is 0.674. The molecule has 3 amide bonds. The molecular weight excluding hydrogens is 322 g/mol. The molecule has 5 nitrogen and oxygen atoms in total. The van der Waals surface area contributed by atoms with Crippen LogP contribution in [0.1, 0.15) is 18.9 Å². The molecule has 0 radical (unpaired) electrons. The number of primary amides is 1. The summed E-state index contributed by atoms with van der Waals surface area (Å²) in [5, 5.41) is 5.33. The monoisotopic (exact) mass is 343 g/mol. The van der Waals surface area contributed by atoms with Crippen LogP contribution < -0.4 is 16.4 Å². The van der Waals surface area contributed by atoms with Gasteiger partial charge in [-0.3, -0.25) is 4.79 Å². The molecule has 0 aliphatic rings. The molecule has 1 unspecified atom stereocenters. The topological polar surface area (TPSA) is 84.2 Å². The van der Waals surface area contributed by atoms with E-state index in [9.17, 15) is 9.59 Å². The molecule has 126 valence electrons.